The molecule has 1 N–H and O–H groups in total. The van der Waals surface area contributed by atoms with E-state index >= 15 is 0 Å². The van der Waals surface area contributed by atoms with Crippen molar-refractivity contribution < 1.29 is 14.3 Å². The van der Waals surface area contributed by atoms with Crippen molar-refractivity contribution in [3.05, 3.63) is 101 Å². The second kappa shape index (κ2) is 11.1. The van der Waals surface area contributed by atoms with Gasteiger partial charge in [-0.15, -0.1) is 0 Å². The van der Waals surface area contributed by atoms with E-state index in [4.69, 9.17) is 4.74 Å². The van der Waals surface area contributed by atoms with Gasteiger partial charge >= 0.3 is 0 Å². The van der Waals surface area contributed by atoms with Gasteiger partial charge in [0.2, 0.25) is 5.91 Å². The summed E-state index contributed by atoms with van der Waals surface area (Å²) in [7, 11) is 1.60. The minimum absolute atomic E-state index is 0.140. The van der Waals surface area contributed by atoms with Gasteiger partial charge in [-0.2, -0.15) is 0 Å². The Kier molecular flexibility index (Phi) is 8.03. The molecule has 0 aliphatic heterocycles. The van der Waals surface area contributed by atoms with Crippen LogP contribution in [0.5, 0.6) is 5.75 Å². The maximum Gasteiger partial charge on any atom is 0.261 e. The molecule has 166 valence electrons. The summed E-state index contributed by atoms with van der Waals surface area (Å²) in [6.07, 6.45) is 0.419. The molecule has 5 nitrogen and oxygen atoms in total. The molecule has 0 aromatic heterocycles. The highest BCUT2D eigenvalue weighted by atomic mass is 16.5. The van der Waals surface area contributed by atoms with E-state index in [9.17, 15) is 9.59 Å². The number of aryl methyl sites for hydroxylation is 2. The van der Waals surface area contributed by atoms with Gasteiger partial charge in [-0.1, -0.05) is 78.4 Å². The molecule has 5 heteroatoms. The minimum atomic E-state index is -0.656. The highest BCUT2D eigenvalue weighted by Gasteiger charge is 2.30. The Morgan fingerprint density at radius 3 is 2.19 bits per heavy atom. The lowest BCUT2D eigenvalue weighted by Gasteiger charge is -2.31. The van der Waals surface area contributed by atoms with Crippen LogP contribution in [0, 0.1) is 13.8 Å². The lowest BCUT2D eigenvalue weighted by Crippen LogP contribution is -2.51. The molecule has 3 aromatic carbocycles. The van der Waals surface area contributed by atoms with Crippen LogP contribution in [0.15, 0.2) is 78.9 Å². The molecule has 0 fully saturated rings. The fourth-order valence-electron chi connectivity index (χ4n) is 3.55. The zero-order chi connectivity index (χ0) is 22.9. The number of ether oxygens (including phenoxy) is 1. The van der Waals surface area contributed by atoms with Gasteiger partial charge in [-0.3, -0.25) is 9.59 Å². The van der Waals surface area contributed by atoms with Crippen molar-refractivity contribution in [3.63, 3.8) is 0 Å². The number of hydrogen-bond donors (Lipinski definition) is 1. The standard InChI is InChI=1S/C27H30N2O3/c1-20-13-15-23(16-14-20)18-29(26(30)19-32-25-12-8-7-9-21(25)2)24(27(31)28-3)17-22-10-5-4-6-11-22/h4-16,24H,17-19H2,1-3H3,(H,28,31)/t24-/m0/s1. The number of nitrogens with zero attached hydrogens (tertiary/aromatic N) is 1. The van der Waals surface area contributed by atoms with E-state index in [1.54, 1.807) is 11.9 Å². The Bertz CT molecular complexity index is 1030. The number of likely N-dealkylation sites (N-methyl/N-ethyl adjacent to an activating group) is 1. The van der Waals surface area contributed by atoms with Crippen LogP contribution in [-0.4, -0.2) is 36.4 Å². The molecule has 0 heterocycles. The zero-order valence-electron chi connectivity index (χ0n) is 18.9. The zero-order valence-corrected chi connectivity index (χ0v) is 18.9. The Hall–Kier alpha value is -3.60. The number of para-hydroxylation sites is 1. The SMILES string of the molecule is CNC(=O)[C@H](Cc1ccccc1)N(Cc1ccc(C)cc1)C(=O)COc1ccccc1C. The molecule has 0 spiro atoms. The van der Waals surface area contributed by atoms with Gasteiger partial charge in [-0.25, -0.2) is 0 Å². The monoisotopic (exact) mass is 430 g/mol. The molecule has 1 atom stereocenters. The van der Waals surface area contributed by atoms with E-state index in [0.717, 1.165) is 22.3 Å². The van der Waals surface area contributed by atoms with Crippen molar-refractivity contribution in [2.75, 3.05) is 13.7 Å². The van der Waals surface area contributed by atoms with Gasteiger partial charge in [0, 0.05) is 20.0 Å². The number of rotatable bonds is 9. The van der Waals surface area contributed by atoms with Gasteiger partial charge in [0.25, 0.3) is 5.91 Å². The van der Waals surface area contributed by atoms with Crippen LogP contribution in [0.1, 0.15) is 22.3 Å². The molecule has 0 radical (unpaired) electrons. The van der Waals surface area contributed by atoms with Gasteiger partial charge in [-0.05, 0) is 36.6 Å². The molecular weight excluding hydrogens is 400 g/mol. The minimum Gasteiger partial charge on any atom is -0.484 e. The number of nitrogens with one attached hydrogen (secondary N) is 1. The number of carbonyl (C=O) groups excluding carboxylic acids is 2. The fourth-order valence-corrected chi connectivity index (χ4v) is 3.55. The highest BCUT2D eigenvalue weighted by Crippen LogP contribution is 2.18. The molecule has 0 saturated heterocycles. The molecule has 2 amide bonds. The van der Waals surface area contributed by atoms with E-state index in [1.807, 2.05) is 92.7 Å². The first-order valence-electron chi connectivity index (χ1n) is 10.8. The molecular formula is C27H30N2O3. The van der Waals surface area contributed by atoms with Crippen molar-refractivity contribution in [2.45, 2.75) is 32.9 Å². The maximum absolute atomic E-state index is 13.4. The Morgan fingerprint density at radius 2 is 1.53 bits per heavy atom. The van der Waals surface area contributed by atoms with Gasteiger partial charge in [0.1, 0.15) is 11.8 Å². The van der Waals surface area contributed by atoms with Crippen molar-refractivity contribution >= 4 is 11.8 Å². The van der Waals surface area contributed by atoms with E-state index in [0.29, 0.717) is 18.7 Å². The van der Waals surface area contributed by atoms with Crippen LogP contribution in [0.4, 0.5) is 0 Å². The Labute approximate surface area is 190 Å². The molecule has 3 rings (SSSR count). The summed E-state index contributed by atoms with van der Waals surface area (Å²) in [5, 5.41) is 2.72. The van der Waals surface area contributed by atoms with Crippen LogP contribution in [-0.2, 0) is 22.6 Å². The third-order valence-electron chi connectivity index (χ3n) is 5.44. The molecule has 0 saturated carbocycles. The topological polar surface area (TPSA) is 58.6 Å². The van der Waals surface area contributed by atoms with E-state index < -0.39 is 6.04 Å². The number of benzene rings is 3. The summed E-state index contributed by atoms with van der Waals surface area (Å²) >= 11 is 0. The first kappa shape index (κ1) is 23.1. The lowest BCUT2D eigenvalue weighted by molar-refractivity contribution is -0.142. The predicted octanol–water partition coefficient (Wildman–Crippen LogP) is 4.07. The van der Waals surface area contributed by atoms with Crippen LogP contribution < -0.4 is 10.1 Å². The largest absolute Gasteiger partial charge is 0.484 e. The summed E-state index contributed by atoms with van der Waals surface area (Å²) in [5.74, 6) is 0.222. The van der Waals surface area contributed by atoms with Crippen LogP contribution in [0.2, 0.25) is 0 Å². The van der Waals surface area contributed by atoms with Crippen LogP contribution in [0.3, 0.4) is 0 Å². The van der Waals surface area contributed by atoms with Crippen LogP contribution >= 0.6 is 0 Å². The smallest absolute Gasteiger partial charge is 0.261 e. The fraction of sp³-hybridized carbons (Fsp3) is 0.259. The predicted molar refractivity (Wildman–Crippen MR) is 126 cm³/mol. The van der Waals surface area contributed by atoms with Crippen molar-refractivity contribution in [2.24, 2.45) is 0 Å². The molecule has 0 aliphatic rings. The Morgan fingerprint density at radius 1 is 0.875 bits per heavy atom. The summed E-state index contributed by atoms with van der Waals surface area (Å²) in [4.78, 5) is 27.9. The summed E-state index contributed by atoms with van der Waals surface area (Å²) in [5.41, 5.74) is 4.05. The quantitative estimate of drug-likeness (QED) is 0.557. The Balaban J connectivity index is 1.87. The normalized spacial score (nSPS) is 11.5. The second-order valence-electron chi connectivity index (χ2n) is 7.88. The van der Waals surface area contributed by atoms with Gasteiger partial charge < -0.3 is 15.0 Å². The molecule has 0 aliphatic carbocycles. The van der Waals surface area contributed by atoms with Crippen molar-refractivity contribution in [1.29, 1.82) is 0 Å². The summed E-state index contributed by atoms with van der Waals surface area (Å²) in [6.45, 7) is 4.14. The summed E-state index contributed by atoms with van der Waals surface area (Å²) < 4.78 is 5.83. The first-order chi connectivity index (χ1) is 15.5. The molecule has 0 bridgehead atoms. The van der Waals surface area contributed by atoms with Gasteiger partial charge in [0.05, 0.1) is 0 Å². The van der Waals surface area contributed by atoms with Gasteiger partial charge in [0.15, 0.2) is 6.61 Å². The maximum atomic E-state index is 13.4. The van der Waals surface area contributed by atoms with Crippen LogP contribution in [0.25, 0.3) is 0 Å². The number of amides is 2. The molecule has 0 unspecified atom stereocenters. The third kappa shape index (κ3) is 6.20. The number of carbonyl (C=O) groups is 2. The second-order valence-corrected chi connectivity index (χ2v) is 7.88. The van der Waals surface area contributed by atoms with Crippen molar-refractivity contribution in [1.82, 2.24) is 10.2 Å². The average Bonchev–Trinajstić information content (AvgIpc) is 2.82. The average molecular weight is 431 g/mol. The lowest BCUT2D eigenvalue weighted by atomic mass is 10.0. The molecule has 32 heavy (non-hydrogen) atoms. The van der Waals surface area contributed by atoms with E-state index in [1.165, 1.54) is 0 Å². The van der Waals surface area contributed by atoms with E-state index in [2.05, 4.69) is 5.32 Å². The van der Waals surface area contributed by atoms with Crippen molar-refractivity contribution in [3.8, 4) is 5.75 Å². The highest BCUT2D eigenvalue weighted by molar-refractivity contribution is 5.88. The first-order valence-corrected chi connectivity index (χ1v) is 10.8. The number of hydrogen-bond acceptors (Lipinski definition) is 3. The summed E-state index contributed by atoms with van der Waals surface area (Å²) in [6, 6.07) is 24.6. The third-order valence-corrected chi connectivity index (χ3v) is 5.44. The molecule has 3 aromatic rings. The van der Waals surface area contributed by atoms with E-state index in [-0.39, 0.29) is 18.4 Å².